The van der Waals surface area contributed by atoms with Crippen LogP contribution in [0.1, 0.15) is 27.2 Å². The first-order valence-corrected chi connectivity index (χ1v) is 5.63. The molecule has 1 atom stereocenters. The van der Waals surface area contributed by atoms with Crippen LogP contribution in [0.25, 0.3) is 0 Å². The first-order valence-electron chi connectivity index (χ1n) is 5.63. The summed E-state index contributed by atoms with van der Waals surface area (Å²) in [6.45, 7) is 8.88. The summed E-state index contributed by atoms with van der Waals surface area (Å²) >= 11 is 0. The van der Waals surface area contributed by atoms with Crippen molar-refractivity contribution in [3.63, 3.8) is 0 Å². The summed E-state index contributed by atoms with van der Waals surface area (Å²) < 4.78 is 0. The number of carbonyl (C=O) groups is 1. The van der Waals surface area contributed by atoms with E-state index in [1.807, 2.05) is 0 Å². The third-order valence-corrected chi connectivity index (χ3v) is 2.92. The lowest BCUT2D eigenvalue weighted by atomic mass is 9.93. The van der Waals surface area contributed by atoms with Gasteiger partial charge in [0.15, 0.2) is 0 Å². The van der Waals surface area contributed by atoms with Crippen molar-refractivity contribution in [2.24, 2.45) is 5.41 Å². The van der Waals surface area contributed by atoms with Gasteiger partial charge in [0, 0.05) is 19.7 Å². The Bertz CT molecular complexity index is 229. The van der Waals surface area contributed by atoms with Crippen LogP contribution in [0.2, 0.25) is 0 Å². The summed E-state index contributed by atoms with van der Waals surface area (Å²) in [6, 6.07) is -0.165. The highest BCUT2D eigenvalue weighted by Crippen LogP contribution is 2.21. The second kappa shape index (κ2) is 4.94. The Hall–Kier alpha value is -0.610. The molecule has 0 radical (unpaired) electrons. The number of nitrogens with zero attached hydrogens (tertiary/aromatic N) is 1. The minimum atomic E-state index is -0.165. The molecule has 1 aliphatic heterocycles. The average Bonchev–Trinajstić information content (AvgIpc) is 2.29. The van der Waals surface area contributed by atoms with Crippen molar-refractivity contribution >= 4 is 5.91 Å². The number of hydrogen-bond donors (Lipinski definition) is 2. The first kappa shape index (κ1) is 12.5. The van der Waals surface area contributed by atoms with E-state index in [0.29, 0.717) is 13.0 Å². The number of rotatable bonds is 3. The summed E-state index contributed by atoms with van der Waals surface area (Å²) in [5.41, 5.74) is 0.107. The van der Waals surface area contributed by atoms with Crippen LogP contribution in [-0.2, 0) is 4.79 Å². The zero-order valence-electron chi connectivity index (χ0n) is 9.92. The monoisotopic (exact) mass is 214 g/mol. The first-order chi connectivity index (χ1) is 7.00. The number of amides is 1. The van der Waals surface area contributed by atoms with Crippen molar-refractivity contribution in [3.05, 3.63) is 0 Å². The molecule has 1 rings (SSSR count). The Morgan fingerprint density at radius 3 is 2.80 bits per heavy atom. The van der Waals surface area contributed by atoms with Crippen molar-refractivity contribution in [1.82, 2.24) is 10.2 Å². The van der Waals surface area contributed by atoms with Crippen LogP contribution < -0.4 is 5.32 Å². The number of hydrogen-bond acceptors (Lipinski definition) is 3. The molecule has 4 nitrogen and oxygen atoms in total. The van der Waals surface area contributed by atoms with E-state index in [4.69, 9.17) is 5.11 Å². The molecule has 1 amide bonds. The summed E-state index contributed by atoms with van der Waals surface area (Å²) in [4.78, 5) is 13.9. The normalized spacial score (nSPS) is 27.2. The predicted octanol–water partition coefficient (Wildman–Crippen LogP) is 0.215. The van der Waals surface area contributed by atoms with Crippen molar-refractivity contribution in [2.45, 2.75) is 33.2 Å². The number of aliphatic hydroxyl groups excluding tert-OH is 1. The topological polar surface area (TPSA) is 52.6 Å². The van der Waals surface area contributed by atoms with Gasteiger partial charge in [0.2, 0.25) is 5.91 Å². The SMILES string of the molecule is CCN1CC(C)(C)CNC(=O)C1CCO. The smallest absolute Gasteiger partial charge is 0.237 e. The fraction of sp³-hybridized carbons (Fsp3) is 0.909. The Kier molecular flexibility index (Phi) is 4.11. The van der Waals surface area contributed by atoms with Crippen LogP contribution in [-0.4, -0.2) is 48.2 Å². The van der Waals surface area contributed by atoms with Gasteiger partial charge in [-0.15, -0.1) is 0 Å². The van der Waals surface area contributed by atoms with Crippen LogP contribution >= 0.6 is 0 Å². The molecule has 4 heteroatoms. The minimum Gasteiger partial charge on any atom is -0.396 e. The van der Waals surface area contributed by atoms with Crippen molar-refractivity contribution < 1.29 is 9.90 Å². The molecule has 2 N–H and O–H groups in total. The average molecular weight is 214 g/mol. The van der Waals surface area contributed by atoms with Gasteiger partial charge in [-0.1, -0.05) is 20.8 Å². The van der Waals surface area contributed by atoms with E-state index in [1.165, 1.54) is 0 Å². The lowest BCUT2D eigenvalue weighted by Crippen LogP contribution is -2.45. The van der Waals surface area contributed by atoms with Crippen molar-refractivity contribution in [1.29, 1.82) is 0 Å². The van der Waals surface area contributed by atoms with Gasteiger partial charge in [-0.3, -0.25) is 9.69 Å². The molecule has 0 aliphatic carbocycles. The Morgan fingerprint density at radius 1 is 1.60 bits per heavy atom. The van der Waals surface area contributed by atoms with Gasteiger partial charge in [0.25, 0.3) is 0 Å². The second-order valence-electron chi connectivity index (χ2n) is 4.97. The van der Waals surface area contributed by atoms with E-state index >= 15 is 0 Å². The molecule has 1 fully saturated rings. The van der Waals surface area contributed by atoms with Gasteiger partial charge >= 0.3 is 0 Å². The van der Waals surface area contributed by atoms with Gasteiger partial charge in [0.1, 0.15) is 0 Å². The van der Waals surface area contributed by atoms with E-state index in [0.717, 1.165) is 13.1 Å². The van der Waals surface area contributed by atoms with Crippen LogP contribution in [0.5, 0.6) is 0 Å². The van der Waals surface area contributed by atoms with Crippen LogP contribution in [0, 0.1) is 5.41 Å². The Morgan fingerprint density at radius 2 is 2.27 bits per heavy atom. The second-order valence-corrected chi connectivity index (χ2v) is 4.97. The zero-order chi connectivity index (χ0) is 11.5. The lowest BCUT2D eigenvalue weighted by molar-refractivity contribution is -0.126. The molecule has 0 bridgehead atoms. The van der Waals surface area contributed by atoms with E-state index in [9.17, 15) is 4.79 Å². The maximum absolute atomic E-state index is 11.8. The van der Waals surface area contributed by atoms with Crippen molar-refractivity contribution in [3.8, 4) is 0 Å². The van der Waals surface area contributed by atoms with Crippen molar-refractivity contribution in [2.75, 3.05) is 26.2 Å². The standard InChI is InChI=1S/C11H22N2O2/c1-4-13-8-11(2,3)7-12-10(15)9(13)5-6-14/h9,14H,4-8H2,1-3H3,(H,12,15). The molecule has 1 saturated heterocycles. The maximum atomic E-state index is 11.8. The van der Waals surface area contributed by atoms with E-state index in [2.05, 4.69) is 31.0 Å². The van der Waals surface area contributed by atoms with E-state index < -0.39 is 0 Å². The molecule has 0 saturated carbocycles. The van der Waals surface area contributed by atoms with Crippen LogP contribution in [0.3, 0.4) is 0 Å². The number of carbonyl (C=O) groups excluding carboxylic acids is 1. The largest absolute Gasteiger partial charge is 0.396 e. The van der Waals surface area contributed by atoms with Gasteiger partial charge in [-0.2, -0.15) is 0 Å². The summed E-state index contributed by atoms with van der Waals surface area (Å²) in [7, 11) is 0. The number of nitrogens with one attached hydrogen (secondary N) is 1. The zero-order valence-corrected chi connectivity index (χ0v) is 9.92. The maximum Gasteiger partial charge on any atom is 0.237 e. The lowest BCUT2D eigenvalue weighted by Gasteiger charge is -2.31. The fourth-order valence-electron chi connectivity index (χ4n) is 2.09. The third kappa shape index (κ3) is 3.18. The van der Waals surface area contributed by atoms with E-state index in [-0.39, 0.29) is 24.0 Å². The van der Waals surface area contributed by atoms with Crippen LogP contribution in [0.15, 0.2) is 0 Å². The molecule has 0 aromatic carbocycles. The molecule has 15 heavy (non-hydrogen) atoms. The summed E-state index contributed by atoms with van der Waals surface area (Å²) in [6.07, 6.45) is 0.524. The van der Waals surface area contributed by atoms with E-state index in [1.54, 1.807) is 0 Å². The highest BCUT2D eigenvalue weighted by molar-refractivity contribution is 5.82. The quantitative estimate of drug-likeness (QED) is 0.706. The number of aliphatic hydroxyl groups is 1. The van der Waals surface area contributed by atoms with Gasteiger partial charge in [0.05, 0.1) is 6.04 Å². The summed E-state index contributed by atoms with van der Waals surface area (Å²) in [5, 5.41) is 11.9. The van der Waals surface area contributed by atoms with Gasteiger partial charge < -0.3 is 10.4 Å². The molecule has 0 spiro atoms. The van der Waals surface area contributed by atoms with Crippen LogP contribution in [0.4, 0.5) is 0 Å². The molecule has 0 aromatic heterocycles. The molecular formula is C11H22N2O2. The minimum absolute atomic E-state index is 0.0523. The fourth-order valence-corrected chi connectivity index (χ4v) is 2.09. The number of likely N-dealkylation sites (N-methyl/N-ethyl adjacent to an activating group) is 1. The Balaban J connectivity index is 2.78. The molecule has 1 heterocycles. The highest BCUT2D eigenvalue weighted by atomic mass is 16.3. The molecule has 1 unspecified atom stereocenters. The highest BCUT2D eigenvalue weighted by Gasteiger charge is 2.33. The predicted molar refractivity (Wildman–Crippen MR) is 59.5 cm³/mol. The Labute approximate surface area is 91.6 Å². The van der Waals surface area contributed by atoms with Gasteiger partial charge in [-0.25, -0.2) is 0 Å². The summed E-state index contributed by atoms with van der Waals surface area (Å²) in [5.74, 6) is 0.0523. The van der Waals surface area contributed by atoms with Gasteiger partial charge in [-0.05, 0) is 18.4 Å². The molecule has 0 aromatic rings. The third-order valence-electron chi connectivity index (χ3n) is 2.92. The molecule has 1 aliphatic rings. The molecular weight excluding hydrogens is 192 g/mol. The molecule has 88 valence electrons.